The summed E-state index contributed by atoms with van der Waals surface area (Å²) in [7, 11) is 0. The first kappa shape index (κ1) is 87.3. The van der Waals surface area contributed by atoms with Gasteiger partial charge in [0.25, 0.3) is 0 Å². The third-order valence-electron chi connectivity index (χ3n) is 20.4. The van der Waals surface area contributed by atoms with E-state index in [4.69, 9.17) is 66.3 Å². The van der Waals surface area contributed by atoms with Crippen molar-refractivity contribution in [2.24, 2.45) is 10.4 Å². The zero-order valence-electron chi connectivity index (χ0n) is 64.6. The van der Waals surface area contributed by atoms with Crippen LogP contribution in [-0.2, 0) is 111 Å². The van der Waals surface area contributed by atoms with E-state index in [-0.39, 0.29) is 59.3 Å². The molecule has 4 saturated heterocycles. The van der Waals surface area contributed by atoms with Gasteiger partial charge in [-0.25, -0.2) is 24.0 Å². The first-order valence-electron chi connectivity index (χ1n) is 39.1. The third kappa shape index (κ3) is 25.1. The Hall–Kier alpha value is -11.0. The van der Waals surface area contributed by atoms with Crippen molar-refractivity contribution in [1.29, 1.82) is 0 Å². The van der Waals surface area contributed by atoms with Gasteiger partial charge in [0, 0.05) is 25.2 Å². The van der Waals surface area contributed by atoms with Gasteiger partial charge in [0.1, 0.15) is 124 Å². The van der Waals surface area contributed by atoms with E-state index in [1.165, 1.54) is 0 Å². The van der Waals surface area contributed by atoms with Gasteiger partial charge < -0.3 is 124 Å². The number of rotatable bonds is 37. The Bertz CT molecular complexity index is 4310. The molecule has 35 heteroatoms. The molecule has 7 aromatic carbocycles. The summed E-state index contributed by atoms with van der Waals surface area (Å²) in [6.07, 6.45) is -31.1. The van der Waals surface area contributed by atoms with Gasteiger partial charge in [-0.3, -0.25) is 4.79 Å². The van der Waals surface area contributed by atoms with Crippen molar-refractivity contribution in [3.63, 3.8) is 0 Å². The highest BCUT2D eigenvalue weighted by atomic mass is 16.8. The summed E-state index contributed by atoms with van der Waals surface area (Å²) in [5, 5.41) is 74.4. The number of ether oxygens (including phenoxy) is 14. The van der Waals surface area contributed by atoms with Crippen LogP contribution in [0.25, 0.3) is 0 Å². The molecule has 0 bridgehead atoms. The number of nitroso groups, excluding NO2 is 2. The van der Waals surface area contributed by atoms with E-state index in [1.807, 2.05) is 30.3 Å². The Morgan fingerprint density at radius 2 is 0.899 bits per heavy atom. The van der Waals surface area contributed by atoms with E-state index in [0.717, 1.165) is 5.56 Å². The van der Waals surface area contributed by atoms with E-state index in [0.29, 0.717) is 46.3 Å². The topological polar surface area (TPSA) is 456 Å². The first-order valence-corrected chi connectivity index (χ1v) is 39.1. The highest BCUT2D eigenvalue weighted by molar-refractivity contribution is 5.81. The monoisotopic (exact) mass is 1650 g/mol. The maximum Gasteiger partial charge on any atom is 0.407 e. The Morgan fingerprint density at radius 3 is 1.42 bits per heavy atom. The lowest BCUT2D eigenvalue weighted by Gasteiger charge is -2.50. The zero-order valence-corrected chi connectivity index (χ0v) is 64.6. The number of fused-ring (bicyclic) bond motifs is 1. The van der Waals surface area contributed by atoms with Crippen LogP contribution in [0.5, 0.6) is 0 Å². The molecular weight excluding hydrogens is 1550 g/mol. The second-order valence-electron chi connectivity index (χ2n) is 28.6. The Kier molecular flexibility index (Phi) is 32.8. The smallest absolute Gasteiger partial charge is 0.407 e. The van der Waals surface area contributed by atoms with Crippen LogP contribution in [0.1, 0.15) is 58.1 Å². The Labute approximate surface area is 684 Å². The van der Waals surface area contributed by atoms with Gasteiger partial charge in [-0.2, -0.15) is 9.81 Å². The number of carbonyl (C=O) groups is 6. The predicted octanol–water partition coefficient (Wildman–Crippen LogP) is 6.01. The molecule has 1 saturated carbocycles. The maximum atomic E-state index is 14.6. The number of alkyl carbamates (subject to hydrolysis) is 5. The molecule has 1 unspecified atom stereocenters. The van der Waals surface area contributed by atoms with Crippen LogP contribution in [0.15, 0.2) is 223 Å². The molecule has 119 heavy (non-hydrogen) atoms. The van der Waals surface area contributed by atoms with Gasteiger partial charge in [0.2, 0.25) is 5.91 Å². The SMILES string of the molecule is O=N[C@@H]1[C@@H](NC(=O)OCc2ccccc2)[C@@H](O[C@H]2[C@H](O[C@@H]3O[C@H](CO)[C@@H](O[C@H]4O[C@@H](CNC(=O)OCc5ccccc5)[C@@H](O)[C@H](N=O)[C@H]4NC(=O)OCc4ccccc4)[C@H]3OCCNCCc3ccccc3)[C@@H](O)[C@H](NC(=O)[C@@H](O)CCNC(=O)OCc3ccccc3)C[C@@H]2NC(=O)OCc2ccccc2)O[C@@H]2COC(c3ccccc3)O[C@@H]12. The van der Waals surface area contributed by atoms with Gasteiger partial charge in [0.05, 0.1) is 31.9 Å². The number of aliphatic hydroxyl groups is 4. The lowest BCUT2D eigenvalue weighted by molar-refractivity contribution is -0.344. The number of carbonyl (C=O) groups excluding carboxylic acids is 6. The van der Waals surface area contributed by atoms with Gasteiger partial charge in [-0.15, -0.1) is 0 Å². The number of hydrogen-bond acceptors (Lipinski definition) is 29. The van der Waals surface area contributed by atoms with Gasteiger partial charge in [-0.1, -0.05) is 223 Å². The fraction of sp³-hybridized carbons (Fsp3) is 0.429. The maximum absolute atomic E-state index is 14.6. The standard InChI is InChI=1S/C84H97N9O26/c94-44-62-72(118-77-66(90-83(102)111-48-55-30-16-5-17-31-55)64(92-104)69(97)61(113-77)43-87-81(100)109-46-53-26-12-3-13-27-53)74(106-41-40-85-38-36-51-22-8-1-9-23-51)79(114-62)119-73-68(96)58(88-75(98)60(95)37-39-86-80(99)108-45-52-24-10-2-11-25-52)42-59(89-82(101)110-47-54-28-14-4-15-29-54)70(73)116-78-67(91-84(103)112-49-56-32-18-6-19-33-56)65(93-105)71-63(115-78)50-107-76(117-71)57-34-20-7-21-35-57/h1-35,58-74,76-79,85,94-97H,36-50H2,(H,86,99)(H,87,100)(H,88,98)(H,89,101)(H,90,102)(H,91,103)/t58-,59+,60+,61+,62-,63-,64-,65-,66-,67-,68+,69-,70-,71-,72-,73-,74-,76?,77-,78-,79+/m1/s1. The normalized spacial score (nSPS) is 27.3. The minimum absolute atomic E-state index is 0.0859. The van der Waals surface area contributed by atoms with Crippen LogP contribution < -0.4 is 37.2 Å². The molecule has 0 aromatic heterocycles. The molecule has 5 aliphatic rings. The number of nitrogens with one attached hydrogen (secondary N) is 7. The van der Waals surface area contributed by atoms with E-state index in [2.05, 4.69) is 47.6 Å². The van der Waals surface area contributed by atoms with E-state index in [9.17, 15) is 59.0 Å². The number of nitrogens with zero attached hydrogens (tertiary/aromatic N) is 2. The molecule has 11 N–H and O–H groups in total. The lowest BCUT2D eigenvalue weighted by Crippen LogP contribution is -2.70. The van der Waals surface area contributed by atoms with E-state index in [1.54, 1.807) is 182 Å². The number of amides is 6. The minimum atomic E-state index is -2.07. The summed E-state index contributed by atoms with van der Waals surface area (Å²) in [4.78, 5) is 111. The van der Waals surface area contributed by atoms with Gasteiger partial charge in [0.15, 0.2) is 25.2 Å². The average molecular weight is 1650 g/mol. The molecule has 7 aromatic rings. The summed E-state index contributed by atoms with van der Waals surface area (Å²) in [5.74, 6) is -1.10. The zero-order chi connectivity index (χ0) is 83.2. The predicted molar refractivity (Wildman–Crippen MR) is 419 cm³/mol. The van der Waals surface area contributed by atoms with Gasteiger partial charge in [-0.05, 0) is 59.2 Å². The van der Waals surface area contributed by atoms with E-state index < -0.39 is 191 Å². The van der Waals surface area contributed by atoms with Crippen molar-refractivity contribution in [2.75, 3.05) is 46.0 Å². The molecule has 12 rings (SSSR count). The van der Waals surface area contributed by atoms with Crippen molar-refractivity contribution < 1.29 is 116 Å². The highest BCUT2D eigenvalue weighted by Gasteiger charge is 2.59. The summed E-state index contributed by atoms with van der Waals surface area (Å²) in [6, 6.07) is 51.6. The van der Waals surface area contributed by atoms with Crippen LogP contribution in [0.4, 0.5) is 24.0 Å². The Balaban J connectivity index is 0.901. The van der Waals surface area contributed by atoms with Crippen molar-refractivity contribution in [2.45, 2.75) is 181 Å². The highest BCUT2D eigenvalue weighted by Crippen LogP contribution is 2.40. The number of benzene rings is 7. The molecule has 6 amide bonds. The van der Waals surface area contributed by atoms with Crippen molar-refractivity contribution in [1.82, 2.24) is 37.2 Å². The molecule has 0 radical (unpaired) electrons. The second-order valence-corrected chi connectivity index (χ2v) is 28.6. The minimum Gasteiger partial charge on any atom is -0.445 e. The van der Waals surface area contributed by atoms with Crippen molar-refractivity contribution in [3.8, 4) is 0 Å². The number of hydrogen-bond donors (Lipinski definition) is 11. The molecule has 35 nitrogen and oxygen atoms in total. The Morgan fingerprint density at radius 1 is 0.445 bits per heavy atom. The van der Waals surface area contributed by atoms with Crippen LogP contribution >= 0.6 is 0 Å². The quantitative estimate of drug-likeness (QED) is 0.0121. The molecule has 4 heterocycles. The van der Waals surface area contributed by atoms with Crippen LogP contribution in [0.3, 0.4) is 0 Å². The fourth-order valence-corrected chi connectivity index (χ4v) is 14.3. The molecule has 1 aliphatic carbocycles. The lowest BCUT2D eigenvalue weighted by atomic mass is 9.83. The summed E-state index contributed by atoms with van der Waals surface area (Å²) < 4.78 is 88.2. The van der Waals surface area contributed by atoms with Crippen molar-refractivity contribution in [3.05, 3.63) is 261 Å². The fourth-order valence-electron chi connectivity index (χ4n) is 14.3. The van der Waals surface area contributed by atoms with E-state index >= 15 is 0 Å². The third-order valence-corrected chi connectivity index (χ3v) is 20.4. The molecule has 4 aliphatic heterocycles. The van der Waals surface area contributed by atoms with Crippen LogP contribution in [0, 0.1) is 9.81 Å². The summed E-state index contributed by atoms with van der Waals surface area (Å²) in [6.45, 7) is -2.85. The largest absolute Gasteiger partial charge is 0.445 e. The first-order chi connectivity index (χ1) is 58.1. The molecular formula is C84H97N9O26. The molecule has 5 fully saturated rings. The average Bonchev–Trinajstić information content (AvgIpc) is 1.71. The molecule has 634 valence electrons. The summed E-state index contributed by atoms with van der Waals surface area (Å²) >= 11 is 0. The van der Waals surface area contributed by atoms with Crippen molar-refractivity contribution >= 4 is 36.4 Å². The van der Waals surface area contributed by atoms with Crippen LogP contribution in [0.2, 0.25) is 0 Å². The summed E-state index contributed by atoms with van der Waals surface area (Å²) in [5.41, 5.74) is 4.62. The molecule has 21 atom stereocenters. The second kappa shape index (κ2) is 44.7. The van der Waals surface area contributed by atoms with Crippen LogP contribution in [-0.4, -0.2) is 225 Å². The number of aliphatic hydroxyl groups excluding tert-OH is 4. The van der Waals surface area contributed by atoms with Gasteiger partial charge >= 0.3 is 30.5 Å². The molecule has 0 spiro atoms.